The predicted octanol–water partition coefficient (Wildman–Crippen LogP) is 9.44. The van der Waals surface area contributed by atoms with E-state index in [1.54, 1.807) is 0 Å². The fraction of sp³-hybridized carbons (Fsp3) is 0.613. The third kappa shape index (κ3) is 8.66. The van der Waals surface area contributed by atoms with E-state index in [2.05, 4.69) is 65.2 Å². The van der Waals surface area contributed by atoms with Gasteiger partial charge in [-0.2, -0.15) is 0 Å². The molecule has 1 atom stereocenters. The van der Waals surface area contributed by atoms with E-state index in [0.29, 0.717) is 0 Å². The van der Waals surface area contributed by atoms with Crippen LogP contribution in [0.25, 0.3) is 11.0 Å². The highest BCUT2D eigenvalue weighted by atomic mass is 16.5. The molecule has 3 aromatic rings. The summed E-state index contributed by atoms with van der Waals surface area (Å²) in [5.41, 5.74) is 1.49. The predicted molar refractivity (Wildman–Crippen MR) is 148 cm³/mol. The molecule has 2 aromatic carbocycles. The van der Waals surface area contributed by atoms with Crippen molar-refractivity contribution in [3.8, 4) is 5.75 Å². The summed E-state index contributed by atoms with van der Waals surface area (Å²) in [6, 6.07) is 18.6. The van der Waals surface area contributed by atoms with Crippen LogP contribution < -0.4 is 4.74 Å². The molecule has 192 valence electrons. The lowest BCUT2D eigenvalue weighted by atomic mass is 9.95. The van der Waals surface area contributed by atoms with Gasteiger partial charge < -0.3 is 4.74 Å². The number of hydrogen-bond donors (Lipinski definition) is 0. The third-order valence-corrected chi connectivity index (χ3v) is 7.13. The molecule has 0 saturated carbocycles. The van der Waals surface area contributed by atoms with Gasteiger partial charge in [-0.1, -0.05) is 126 Å². The number of nitrogens with zero attached hydrogens (tertiary/aromatic N) is 3. The zero-order valence-electron chi connectivity index (χ0n) is 22.3. The lowest BCUT2D eigenvalue weighted by Gasteiger charge is -2.35. The Balaban J connectivity index is 1.77. The molecule has 1 aromatic heterocycles. The smallest absolute Gasteiger partial charge is 0.204 e. The number of para-hydroxylation sites is 2. The van der Waals surface area contributed by atoms with Crippen LogP contribution in [-0.4, -0.2) is 15.0 Å². The molecular weight excluding hydrogens is 430 g/mol. The minimum Gasteiger partial charge on any atom is -0.466 e. The van der Waals surface area contributed by atoms with Crippen molar-refractivity contribution in [1.82, 2.24) is 15.0 Å². The van der Waals surface area contributed by atoms with Crippen LogP contribution in [0.2, 0.25) is 0 Å². The Hall–Kier alpha value is -2.36. The van der Waals surface area contributed by atoms with Crippen molar-refractivity contribution in [3.05, 3.63) is 54.6 Å². The highest BCUT2D eigenvalue weighted by molar-refractivity contribution is 5.74. The number of ether oxygens (including phenoxy) is 1. The minimum atomic E-state index is -0.510. The maximum absolute atomic E-state index is 6.90. The number of unbranched alkanes of at least 4 members (excludes halogenated alkanes) is 12. The first-order chi connectivity index (χ1) is 17.3. The van der Waals surface area contributed by atoms with Gasteiger partial charge in [0.15, 0.2) is 0 Å². The van der Waals surface area contributed by atoms with E-state index in [4.69, 9.17) is 4.74 Å². The van der Waals surface area contributed by atoms with E-state index < -0.39 is 5.72 Å². The molecule has 1 unspecified atom stereocenters. The molecule has 0 bridgehead atoms. The minimum absolute atomic E-state index is 0.510. The number of benzene rings is 2. The van der Waals surface area contributed by atoms with Crippen LogP contribution in [-0.2, 0) is 5.72 Å². The molecule has 0 aliphatic rings. The largest absolute Gasteiger partial charge is 0.466 e. The second-order valence-corrected chi connectivity index (χ2v) is 10.1. The Kier molecular flexibility index (Phi) is 12.1. The van der Waals surface area contributed by atoms with Crippen LogP contribution in [0.4, 0.5) is 0 Å². The van der Waals surface area contributed by atoms with Crippen molar-refractivity contribution in [2.75, 3.05) is 0 Å². The van der Waals surface area contributed by atoms with Gasteiger partial charge in [0.05, 0.1) is 5.52 Å². The van der Waals surface area contributed by atoms with Gasteiger partial charge in [-0.15, -0.1) is 5.10 Å². The Labute approximate surface area is 213 Å². The average molecular weight is 478 g/mol. The second-order valence-electron chi connectivity index (χ2n) is 10.1. The summed E-state index contributed by atoms with van der Waals surface area (Å²) in [6.45, 7) is 4.56. The lowest BCUT2D eigenvalue weighted by molar-refractivity contribution is -0.0392. The van der Waals surface area contributed by atoms with Gasteiger partial charge in [0, 0.05) is 12.8 Å². The Bertz CT molecular complexity index is 939. The fourth-order valence-electron chi connectivity index (χ4n) is 5.08. The van der Waals surface area contributed by atoms with Crippen LogP contribution in [0.5, 0.6) is 5.75 Å². The average Bonchev–Trinajstić information content (AvgIpc) is 3.33. The van der Waals surface area contributed by atoms with Crippen molar-refractivity contribution in [2.24, 2.45) is 0 Å². The van der Waals surface area contributed by atoms with Gasteiger partial charge in [-0.25, -0.2) is 4.68 Å². The molecule has 0 radical (unpaired) electrons. The molecular formula is C31H47N3O. The Morgan fingerprint density at radius 3 is 1.74 bits per heavy atom. The van der Waals surface area contributed by atoms with Crippen LogP contribution in [0.3, 0.4) is 0 Å². The second kappa shape index (κ2) is 15.6. The first-order valence-corrected chi connectivity index (χ1v) is 14.3. The zero-order chi connectivity index (χ0) is 24.6. The van der Waals surface area contributed by atoms with Crippen molar-refractivity contribution in [3.63, 3.8) is 0 Å². The molecule has 3 rings (SSSR count). The summed E-state index contributed by atoms with van der Waals surface area (Å²) in [6.07, 6.45) is 20.0. The van der Waals surface area contributed by atoms with Gasteiger partial charge in [0.2, 0.25) is 5.72 Å². The van der Waals surface area contributed by atoms with Crippen LogP contribution in [0.1, 0.15) is 117 Å². The first-order valence-electron chi connectivity index (χ1n) is 14.3. The van der Waals surface area contributed by atoms with Gasteiger partial charge in [0.25, 0.3) is 0 Å². The van der Waals surface area contributed by atoms with Crippen LogP contribution in [0.15, 0.2) is 54.6 Å². The highest BCUT2D eigenvalue weighted by Crippen LogP contribution is 2.35. The number of aromatic nitrogens is 3. The topological polar surface area (TPSA) is 39.9 Å². The van der Waals surface area contributed by atoms with Gasteiger partial charge in [-0.3, -0.25) is 0 Å². The third-order valence-electron chi connectivity index (χ3n) is 7.13. The number of hydrogen-bond acceptors (Lipinski definition) is 3. The molecule has 0 amide bonds. The molecule has 1 heterocycles. The SMILES string of the molecule is CCCCCCCCCCC(CCCCCCCC)(Oc1ccccc1)n1nnc2ccccc21. The number of fused-ring (bicyclic) bond motifs is 1. The van der Waals surface area contributed by atoms with E-state index in [-0.39, 0.29) is 0 Å². The monoisotopic (exact) mass is 477 g/mol. The summed E-state index contributed by atoms with van der Waals surface area (Å²) >= 11 is 0. The van der Waals surface area contributed by atoms with E-state index in [1.165, 1.54) is 77.0 Å². The first kappa shape index (κ1) is 27.2. The lowest BCUT2D eigenvalue weighted by Crippen LogP contribution is -2.41. The molecule has 0 spiro atoms. The zero-order valence-corrected chi connectivity index (χ0v) is 22.3. The van der Waals surface area contributed by atoms with Crippen molar-refractivity contribution >= 4 is 11.0 Å². The van der Waals surface area contributed by atoms with Crippen molar-refractivity contribution in [2.45, 2.75) is 122 Å². The van der Waals surface area contributed by atoms with Crippen LogP contribution >= 0.6 is 0 Å². The maximum atomic E-state index is 6.90. The van der Waals surface area contributed by atoms with Crippen molar-refractivity contribution < 1.29 is 4.74 Å². The molecule has 4 heteroatoms. The van der Waals surface area contributed by atoms with Gasteiger partial charge in [-0.05, 0) is 37.1 Å². The Morgan fingerprint density at radius 1 is 0.629 bits per heavy atom. The maximum Gasteiger partial charge on any atom is 0.204 e. The van der Waals surface area contributed by atoms with Gasteiger partial charge >= 0.3 is 0 Å². The Morgan fingerprint density at radius 2 is 1.14 bits per heavy atom. The molecule has 0 aliphatic carbocycles. The van der Waals surface area contributed by atoms with Gasteiger partial charge in [0.1, 0.15) is 11.3 Å². The highest BCUT2D eigenvalue weighted by Gasteiger charge is 2.36. The van der Waals surface area contributed by atoms with E-state index >= 15 is 0 Å². The van der Waals surface area contributed by atoms with Crippen molar-refractivity contribution in [1.29, 1.82) is 0 Å². The molecule has 0 fully saturated rings. The van der Waals surface area contributed by atoms with E-state index in [9.17, 15) is 0 Å². The number of rotatable bonds is 19. The summed E-state index contributed by atoms with van der Waals surface area (Å²) in [4.78, 5) is 0. The summed E-state index contributed by atoms with van der Waals surface area (Å²) < 4.78 is 9.00. The molecule has 35 heavy (non-hydrogen) atoms. The molecule has 0 N–H and O–H groups in total. The van der Waals surface area contributed by atoms with Crippen LogP contribution in [0, 0.1) is 0 Å². The quantitative estimate of drug-likeness (QED) is 0.161. The molecule has 4 nitrogen and oxygen atoms in total. The summed E-state index contributed by atoms with van der Waals surface area (Å²) in [7, 11) is 0. The summed E-state index contributed by atoms with van der Waals surface area (Å²) in [5, 5.41) is 9.20. The normalized spacial score (nSPS) is 13.2. The molecule has 0 aliphatic heterocycles. The standard InChI is InChI=1S/C31H47N3O/c1-3-5-7-9-11-12-14-21-27-31(26-20-13-10-8-6-4-2,35-28-22-16-15-17-23-28)34-30-25-19-18-24-29(30)32-33-34/h15-19,22-25H,3-14,20-21,26-27H2,1-2H3. The van der Waals surface area contributed by atoms with E-state index in [0.717, 1.165) is 42.5 Å². The molecule has 0 saturated heterocycles. The van der Waals surface area contributed by atoms with E-state index in [1.807, 2.05) is 18.2 Å². The summed E-state index contributed by atoms with van der Waals surface area (Å²) in [5.74, 6) is 0.914. The fourth-order valence-corrected chi connectivity index (χ4v) is 5.08.